The first-order valence-electron chi connectivity index (χ1n) is 8.48. The minimum Gasteiger partial charge on any atom is -0.484 e. The van der Waals surface area contributed by atoms with E-state index in [-0.39, 0.29) is 5.75 Å². The molecule has 2 aromatic carbocycles. The lowest BCUT2D eigenvalue weighted by Crippen LogP contribution is -2.22. The van der Waals surface area contributed by atoms with E-state index in [1.807, 2.05) is 31.2 Å². The smallest absolute Gasteiger partial charge is 0.416 e. The first-order chi connectivity index (χ1) is 13.3. The van der Waals surface area contributed by atoms with Gasteiger partial charge in [0.1, 0.15) is 11.6 Å². The molecule has 0 aliphatic heterocycles. The quantitative estimate of drug-likeness (QED) is 0.685. The number of amides is 1. The van der Waals surface area contributed by atoms with Crippen LogP contribution in [-0.4, -0.2) is 22.3 Å². The van der Waals surface area contributed by atoms with Gasteiger partial charge >= 0.3 is 6.18 Å². The molecule has 1 heterocycles. The molecule has 5 nitrogen and oxygen atoms in total. The third-order valence-electron chi connectivity index (χ3n) is 3.93. The third-order valence-corrected chi connectivity index (χ3v) is 3.93. The molecule has 8 heteroatoms. The van der Waals surface area contributed by atoms with Crippen molar-refractivity contribution in [1.82, 2.24) is 9.78 Å². The first-order valence-corrected chi connectivity index (χ1v) is 8.48. The molecule has 3 rings (SSSR count). The Morgan fingerprint density at radius 2 is 1.93 bits per heavy atom. The highest BCUT2D eigenvalue weighted by atomic mass is 19.4. The Labute approximate surface area is 159 Å². The van der Waals surface area contributed by atoms with Crippen molar-refractivity contribution in [2.24, 2.45) is 0 Å². The second-order valence-electron chi connectivity index (χ2n) is 6.23. The van der Waals surface area contributed by atoms with Crippen LogP contribution in [0.25, 0.3) is 0 Å². The monoisotopic (exact) mass is 389 g/mol. The van der Waals surface area contributed by atoms with Gasteiger partial charge in [0.25, 0.3) is 5.91 Å². The van der Waals surface area contributed by atoms with E-state index in [1.165, 1.54) is 12.1 Å². The maximum absolute atomic E-state index is 12.7. The van der Waals surface area contributed by atoms with Gasteiger partial charge in [-0.05, 0) is 30.7 Å². The van der Waals surface area contributed by atoms with Gasteiger partial charge in [-0.15, -0.1) is 0 Å². The number of hydrogen-bond acceptors (Lipinski definition) is 3. The lowest BCUT2D eigenvalue weighted by atomic mass is 10.1. The number of ether oxygens (including phenoxy) is 1. The molecule has 1 N–H and O–H groups in total. The predicted molar refractivity (Wildman–Crippen MR) is 98.1 cm³/mol. The molecule has 28 heavy (non-hydrogen) atoms. The lowest BCUT2D eigenvalue weighted by Gasteiger charge is -2.11. The predicted octanol–water partition coefficient (Wildman–Crippen LogP) is 4.28. The van der Waals surface area contributed by atoms with Crippen LogP contribution >= 0.6 is 0 Å². The molecule has 0 spiro atoms. The van der Waals surface area contributed by atoms with Crippen LogP contribution in [0.2, 0.25) is 0 Å². The number of nitrogens with zero attached hydrogens (tertiary/aromatic N) is 2. The SMILES string of the molecule is Cc1cccc(Cn2nccc2NC(=O)COc2cccc(C(F)(F)F)c2)c1. The van der Waals surface area contributed by atoms with Gasteiger partial charge in [0, 0.05) is 6.07 Å². The Hall–Kier alpha value is -3.29. The molecular formula is C20H18F3N3O2. The number of alkyl halides is 3. The Bertz CT molecular complexity index is 967. The number of anilines is 1. The fourth-order valence-corrected chi connectivity index (χ4v) is 2.64. The van der Waals surface area contributed by atoms with Crippen LogP contribution in [0.1, 0.15) is 16.7 Å². The summed E-state index contributed by atoms with van der Waals surface area (Å²) < 4.78 is 45.0. The summed E-state index contributed by atoms with van der Waals surface area (Å²) in [4.78, 5) is 12.1. The molecule has 3 aromatic rings. The Morgan fingerprint density at radius 1 is 1.14 bits per heavy atom. The Balaban J connectivity index is 1.60. The van der Waals surface area contributed by atoms with Crippen LogP contribution in [0.15, 0.2) is 60.8 Å². The summed E-state index contributed by atoms with van der Waals surface area (Å²) >= 11 is 0. The molecule has 1 amide bonds. The fourth-order valence-electron chi connectivity index (χ4n) is 2.64. The minimum atomic E-state index is -4.47. The number of aromatic nitrogens is 2. The van der Waals surface area contributed by atoms with Crippen LogP contribution in [0.5, 0.6) is 5.75 Å². The topological polar surface area (TPSA) is 56.2 Å². The summed E-state index contributed by atoms with van der Waals surface area (Å²) in [6, 6.07) is 13.9. The van der Waals surface area contributed by atoms with Crippen molar-refractivity contribution in [1.29, 1.82) is 0 Å². The molecule has 0 aliphatic carbocycles. The Morgan fingerprint density at radius 3 is 2.68 bits per heavy atom. The average molecular weight is 389 g/mol. The zero-order valence-corrected chi connectivity index (χ0v) is 15.0. The van der Waals surface area contributed by atoms with E-state index in [9.17, 15) is 18.0 Å². The van der Waals surface area contributed by atoms with Gasteiger partial charge in [0.05, 0.1) is 18.3 Å². The zero-order chi connectivity index (χ0) is 20.1. The van der Waals surface area contributed by atoms with Crippen LogP contribution < -0.4 is 10.1 Å². The number of benzene rings is 2. The highest BCUT2D eigenvalue weighted by Crippen LogP contribution is 2.31. The molecule has 0 unspecified atom stereocenters. The van der Waals surface area contributed by atoms with Gasteiger partial charge in [-0.2, -0.15) is 18.3 Å². The molecule has 146 valence electrons. The zero-order valence-electron chi connectivity index (χ0n) is 15.0. The number of hydrogen-bond donors (Lipinski definition) is 1. The number of aryl methyl sites for hydroxylation is 1. The molecule has 0 atom stereocenters. The molecule has 0 fully saturated rings. The molecule has 0 saturated carbocycles. The summed E-state index contributed by atoms with van der Waals surface area (Å²) in [6.45, 7) is 2.04. The van der Waals surface area contributed by atoms with Crippen molar-refractivity contribution in [2.45, 2.75) is 19.6 Å². The second kappa shape index (κ2) is 8.16. The first kappa shape index (κ1) is 19.5. The maximum atomic E-state index is 12.7. The standard InChI is InChI=1S/C20H18F3N3O2/c1-14-4-2-5-15(10-14)12-26-18(8-9-24-26)25-19(27)13-28-17-7-3-6-16(11-17)20(21,22)23/h2-11H,12-13H2,1H3,(H,25,27). The summed E-state index contributed by atoms with van der Waals surface area (Å²) in [5.41, 5.74) is 1.31. The number of rotatable bonds is 6. The number of carbonyl (C=O) groups excluding carboxylic acids is 1. The summed E-state index contributed by atoms with van der Waals surface area (Å²) in [7, 11) is 0. The number of nitrogens with one attached hydrogen (secondary N) is 1. The number of carbonyl (C=O) groups is 1. The van der Waals surface area contributed by atoms with Crippen LogP contribution in [0.3, 0.4) is 0 Å². The average Bonchev–Trinajstić information content (AvgIpc) is 3.06. The highest BCUT2D eigenvalue weighted by molar-refractivity contribution is 5.91. The van der Waals surface area contributed by atoms with Gasteiger partial charge in [0.15, 0.2) is 6.61 Å². The van der Waals surface area contributed by atoms with E-state index in [2.05, 4.69) is 10.4 Å². The third kappa shape index (κ3) is 5.12. The molecule has 0 saturated heterocycles. The molecule has 0 bridgehead atoms. The lowest BCUT2D eigenvalue weighted by molar-refractivity contribution is -0.137. The van der Waals surface area contributed by atoms with Gasteiger partial charge in [-0.1, -0.05) is 35.9 Å². The van der Waals surface area contributed by atoms with E-state index >= 15 is 0 Å². The van der Waals surface area contributed by atoms with Gasteiger partial charge < -0.3 is 10.1 Å². The number of halogens is 3. The Kier molecular flexibility index (Phi) is 5.67. The van der Waals surface area contributed by atoms with Crippen molar-refractivity contribution < 1.29 is 22.7 Å². The van der Waals surface area contributed by atoms with E-state index in [1.54, 1.807) is 16.9 Å². The molecule has 0 aliphatic rings. The molecule has 1 aromatic heterocycles. The van der Waals surface area contributed by atoms with Crippen molar-refractivity contribution in [3.63, 3.8) is 0 Å². The van der Waals surface area contributed by atoms with Crippen molar-refractivity contribution in [3.05, 3.63) is 77.5 Å². The van der Waals surface area contributed by atoms with E-state index < -0.39 is 24.3 Å². The van der Waals surface area contributed by atoms with E-state index in [0.29, 0.717) is 12.4 Å². The van der Waals surface area contributed by atoms with Gasteiger partial charge in [0.2, 0.25) is 0 Å². The fraction of sp³-hybridized carbons (Fsp3) is 0.200. The molecular weight excluding hydrogens is 371 g/mol. The minimum absolute atomic E-state index is 0.0294. The van der Waals surface area contributed by atoms with E-state index in [4.69, 9.17) is 4.74 Å². The second-order valence-corrected chi connectivity index (χ2v) is 6.23. The maximum Gasteiger partial charge on any atom is 0.416 e. The summed E-state index contributed by atoms with van der Waals surface area (Å²) in [5, 5.41) is 6.84. The van der Waals surface area contributed by atoms with Gasteiger partial charge in [-0.3, -0.25) is 4.79 Å². The van der Waals surface area contributed by atoms with Crippen LogP contribution in [0, 0.1) is 6.92 Å². The van der Waals surface area contributed by atoms with Crippen LogP contribution in [-0.2, 0) is 17.5 Å². The van der Waals surface area contributed by atoms with Crippen molar-refractivity contribution >= 4 is 11.7 Å². The normalized spacial score (nSPS) is 11.3. The van der Waals surface area contributed by atoms with Crippen molar-refractivity contribution in [3.8, 4) is 5.75 Å². The van der Waals surface area contributed by atoms with E-state index in [0.717, 1.165) is 23.3 Å². The largest absolute Gasteiger partial charge is 0.484 e. The highest BCUT2D eigenvalue weighted by Gasteiger charge is 2.30. The summed E-state index contributed by atoms with van der Waals surface area (Å²) in [5.74, 6) is -0.0548. The molecule has 0 radical (unpaired) electrons. The van der Waals surface area contributed by atoms with Gasteiger partial charge in [-0.25, -0.2) is 4.68 Å². The van der Waals surface area contributed by atoms with Crippen molar-refractivity contribution in [2.75, 3.05) is 11.9 Å². The summed E-state index contributed by atoms with van der Waals surface area (Å²) in [6.07, 6.45) is -2.91. The van der Waals surface area contributed by atoms with Crippen LogP contribution in [0.4, 0.5) is 19.0 Å².